The number of aldehydes is 1. The quantitative estimate of drug-likeness (QED) is 0.0201. The number of phenols is 6. The molecule has 12 N–H and O–H groups in total. The Kier molecular flexibility index (Phi) is 16.6. The molecule has 0 atom stereocenters. The van der Waals surface area contributed by atoms with Crippen molar-refractivity contribution in [2.24, 2.45) is 10.7 Å². The molecule has 17 nitrogen and oxygen atoms in total. The lowest BCUT2D eigenvalue weighted by Gasteiger charge is -2.03. The van der Waals surface area contributed by atoms with E-state index in [1.54, 1.807) is 48.5 Å². The highest BCUT2D eigenvalue weighted by Gasteiger charge is 2.11. The smallest absolute Gasteiger partial charge is 0.267 e. The number of aliphatic imine (C=N–C) groups is 1. The van der Waals surface area contributed by atoms with Crippen molar-refractivity contribution in [2.75, 3.05) is 13.1 Å². The zero-order chi connectivity index (χ0) is 39.5. The van der Waals surface area contributed by atoms with E-state index in [0.717, 1.165) is 17.7 Å². The molecule has 0 spiro atoms. The maximum absolute atomic E-state index is 12.1. The molecule has 4 rings (SSSR count). The Morgan fingerprint density at radius 2 is 1.00 bits per heavy atom. The van der Waals surface area contributed by atoms with Crippen molar-refractivity contribution >= 4 is 48.0 Å². The standard InChI is InChI=1S/C18H16N2O6.C11H12N2O3.C7H6O4/c21-14-7-6-13(17(24)18(14)25)9-19-10-15(22)12-4-1-11(2-5-12)3-8-16(23)20-26;12-7-10(14)9-4-1-8(2-5-9)3-6-11(15)13-16;8-3-4-1-2-5(9)7(11)6(4)10/h1-9,21,24-26H,10H2,(H,20,23);1-6,16H,7,12H2,(H,13,15);1-3,9-11H/b8-3+,19-9?;6-3+;. The fourth-order valence-corrected chi connectivity index (χ4v) is 3.78. The average Bonchev–Trinajstić information content (AvgIpc) is 3.18. The largest absolute Gasteiger partial charge is 0.504 e. The predicted octanol–water partition coefficient (Wildman–Crippen LogP) is 2.59. The van der Waals surface area contributed by atoms with E-state index in [9.17, 15) is 39.3 Å². The minimum atomic E-state index is -0.672. The zero-order valence-corrected chi connectivity index (χ0v) is 27.5. The summed E-state index contributed by atoms with van der Waals surface area (Å²) >= 11 is 0. The number of hydrogen-bond donors (Lipinski definition) is 11. The number of hydrogen-bond acceptors (Lipinski definition) is 15. The Balaban J connectivity index is 0.000000305. The van der Waals surface area contributed by atoms with E-state index in [1.807, 2.05) is 0 Å². The number of carbonyl (C=O) groups is 5. The van der Waals surface area contributed by atoms with Crippen molar-refractivity contribution in [1.82, 2.24) is 11.0 Å². The van der Waals surface area contributed by atoms with Gasteiger partial charge in [-0.2, -0.15) is 0 Å². The molecule has 276 valence electrons. The highest BCUT2D eigenvalue weighted by Crippen LogP contribution is 2.36. The van der Waals surface area contributed by atoms with Crippen molar-refractivity contribution in [1.29, 1.82) is 0 Å². The molecule has 0 aliphatic heterocycles. The molecule has 53 heavy (non-hydrogen) atoms. The van der Waals surface area contributed by atoms with Crippen LogP contribution in [0.25, 0.3) is 12.2 Å². The Hall–Kier alpha value is -7.34. The minimum absolute atomic E-state index is 0.0257. The fourth-order valence-electron chi connectivity index (χ4n) is 3.78. The van der Waals surface area contributed by atoms with E-state index in [1.165, 1.54) is 53.6 Å². The van der Waals surface area contributed by atoms with Gasteiger partial charge >= 0.3 is 0 Å². The summed E-state index contributed by atoms with van der Waals surface area (Å²) in [5.74, 6) is -5.03. The maximum atomic E-state index is 12.1. The van der Waals surface area contributed by atoms with Crippen LogP contribution in [-0.4, -0.2) is 90.0 Å². The lowest BCUT2D eigenvalue weighted by molar-refractivity contribution is -0.124. The van der Waals surface area contributed by atoms with Gasteiger partial charge in [0.2, 0.25) is 11.5 Å². The summed E-state index contributed by atoms with van der Waals surface area (Å²) in [6.07, 6.45) is 6.91. The first kappa shape index (κ1) is 41.8. The summed E-state index contributed by atoms with van der Waals surface area (Å²) in [5.41, 5.74) is 10.6. The van der Waals surface area contributed by atoms with Crippen molar-refractivity contribution in [3.8, 4) is 34.5 Å². The number of Topliss-reactive ketones (excluding diaryl/α,β-unsaturated/α-hetero) is 2. The molecule has 0 saturated heterocycles. The minimum Gasteiger partial charge on any atom is -0.504 e. The number of nitrogens with one attached hydrogen (secondary N) is 2. The van der Waals surface area contributed by atoms with Gasteiger partial charge in [-0.25, -0.2) is 11.0 Å². The number of ketones is 2. The summed E-state index contributed by atoms with van der Waals surface area (Å²) in [6.45, 7) is -0.203. The van der Waals surface area contributed by atoms with E-state index in [0.29, 0.717) is 23.0 Å². The van der Waals surface area contributed by atoms with Gasteiger partial charge in [-0.3, -0.25) is 39.4 Å². The van der Waals surface area contributed by atoms with Crippen molar-refractivity contribution in [3.63, 3.8) is 0 Å². The van der Waals surface area contributed by atoms with Gasteiger partial charge in [0.15, 0.2) is 40.9 Å². The average molecular weight is 731 g/mol. The number of phenolic OH excluding ortho intramolecular Hbond substituents is 6. The van der Waals surface area contributed by atoms with Crippen molar-refractivity contribution in [3.05, 3.63) is 118 Å². The Labute approximate surface area is 300 Å². The number of amides is 2. The monoisotopic (exact) mass is 730 g/mol. The van der Waals surface area contributed by atoms with E-state index < -0.39 is 46.3 Å². The second-order valence-corrected chi connectivity index (χ2v) is 10.2. The maximum Gasteiger partial charge on any atom is 0.267 e. The Morgan fingerprint density at radius 1 is 0.585 bits per heavy atom. The van der Waals surface area contributed by atoms with E-state index >= 15 is 0 Å². The van der Waals surface area contributed by atoms with Gasteiger partial charge in [-0.15, -0.1) is 0 Å². The Morgan fingerprint density at radius 3 is 1.42 bits per heavy atom. The summed E-state index contributed by atoms with van der Waals surface area (Å²) < 4.78 is 0. The van der Waals surface area contributed by atoms with Gasteiger partial charge in [0.05, 0.1) is 12.1 Å². The van der Waals surface area contributed by atoms with Gasteiger partial charge in [0.1, 0.15) is 6.54 Å². The van der Waals surface area contributed by atoms with Crippen LogP contribution in [0.2, 0.25) is 0 Å². The number of carbonyl (C=O) groups excluding carboxylic acids is 5. The van der Waals surface area contributed by atoms with Crippen molar-refractivity contribution < 1.29 is 65.0 Å². The summed E-state index contributed by atoms with van der Waals surface area (Å²) in [6, 6.07) is 17.9. The summed E-state index contributed by atoms with van der Waals surface area (Å²) in [5, 5.41) is 71.6. The Bertz CT molecular complexity index is 2010. The van der Waals surface area contributed by atoms with Crippen LogP contribution in [0.1, 0.15) is 47.8 Å². The highest BCUT2D eigenvalue weighted by atomic mass is 16.5. The number of rotatable bonds is 11. The molecule has 0 unspecified atom stereocenters. The molecular weight excluding hydrogens is 696 g/mol. The fraction of sp³-hybridized carbons (Fsp3) is 0.0556. The summed E-state index contributed by atoms with van der Waals surface area (Å²) in [7, 11) is 0. The van der Waals surface area contributed by atoms with Gasteiger partial charge in [0.25, 0.3) is 11.8 Å². The molecule has 4 aromatic carbocycles. The first-order valence-electron chi connectivity index (χ1n) is 14.9. The van der Waals surface area contributed by atoms with Crippen LogP contribution in [0, 0.1) is 0 Å². The van der Waals surface area contributed by atoms with E-state index in [-0.39, 0.29) is 35.8 Å². The molecule has 17 heteroatoms. The molecule has 0 bridgehead atoms. The number of benzene rings is 4. The molecule has 0 aliphatic carbocycles. The van der Waals surface area contributed by atoms with Crippen LogP contribution in [-0.2, 0) is 9.59 Å². The third kappa shape index (κ3) is 13.1. The topological polar surface area (TPSA) is 310 Å². The zero-order valence-electron chi connectivity index (χ0n) is 27.5. The van der Waals surface area contributed by atoms with Crippen LogP contribution in [0.4, 0.5) is 0 Å². The number of nitrogens with zero attached hydrogens (tertiary/aromatic N) is 1. The van der Waals surface area contributed by atoms with Crippen LogP contribution in [0.15, 0.2) is 89.9 Å². The third-order valence-electron chi connectivity index (χ3n) is 6.64. The van der Waals surface area contributed by atoms with Crippen molar-refractivity contribution in [2.45, 2.75) is 0 Å². The lowest BCUT2D eigenvalue weighted by atomic mass is 10.1. The molecule has 4 aromatic rings. The normalized spacial score (nSPS) is 10.5. The second kappa shape index (κ2) is 21.0. The van der Waals surface area contributed by atoms with Crippen LogP contribution < -0.4 is 16.7 Å². The van der Waals surface area contributed by atoms with Crippen LogP contribution in [0.3, 0.4) is 0 Å². The molecule has 0 aliphatic rings. The van der Waals surface area contributed by atoms with E-state index in [4.69, 9.17) is 31.5 Å². The molecular formula is C36H34N4O13. The molecule has 2 amide bonds. The van der Waals surface area contributed by atoms with Crippen LogP contribution in [0.5, 0.6) is 34.5 Å². The second-order valence-electron chi connectivity index (χ2n) is 10.2. The summed E-state index contributed by atoms with van der Waals surface area (Å²) in [4.78, 5) is 58.9. The van der Waals surface area contributed by atoms with Gasteiger partial charge < -0.3 is 36.4 Å². The van der Waals surface area contributed by atoms with E-state index in [2.05, 4.69) is 4.99 Å². The van der Waals surface area contributed by atoms with Gasteiger partial charge in [0, 0.05) is 35.1 Å². The van der Waals surface area contributed by atoms with Gasteiger partial charge in [-0.05, 0) is 47.5 Å². The third-order valence-corrected chi connectivity index (χ3v) is 6.64. The molecule has 0 fully saturated rings. The number of nitrogens with two attached hydrogens (primary N) is 1. The highest BCUT2D eigenvalue weighted by molar-refractivity contribution is 5.99. The van der Waals surface area contributed by atoms with Gasteiger partial charge in [-0.1, -0.05) is 48.5 Å². The molecule has 0 saturated carbocycles. The number of hydroxylamine groups is 2. The predicted molar refractivity (Wildman–Crippen MR) is 189 cm³/mol. The SMILES string of the molecule is NCC(=O)c1ccc(/C=C/C(=O)NO)cc1.O=C(/C=C/c1ccc(C(=O)CN=Cc2ccc(O)c(O)c2O)cc1)NO.O=Cc1ccc(O)c(O)c1O. The number of aromatic hydroxyl groups is 6. The molecule has 0 aromatic heterocycles. The lowest BCUT2D eigenvalue weighted by Crippen LogP contribution is -2.14. The molecule has 0 heterocycles. The molecule has 0 radical (unpaired) electrons. The first-order chi connectivity index (χ1) is 25.3. The first-order valence-corrected chi connectivity index (χ1v) is 14.9. The van der Waals surface area contributed by atoms with Crippen LogP contribution >= 0.6 is 0 Å².